The van der Waals surface area contributed by atoms with Crippen LogP contribution >= 0.6 is 34.8 Å². The molecule has 1 atom stereocenters. The molecule has 208 valence electrons. The molecular weight excluding hydrogens is 581 g/mol. The molecule has 0 spiro atoms. The zero-order valence-corrected chi connectivity index (χ0v) is 25.1. The van der Waals surface area contributed by atoms with Gasteiger partial charge in [-0.3, -0.25) is 13.9 Å². The summed E-state index contributed by atoms with van der Waals surface area (Å²) < 4.78 is 28.6. The molecule has 1 unspecified atom stereocenters. The first-order chi connectivity index (χ1) is 18.3. The quantitative estimate of drug-likeness (QED) is 0.301. The maximum atomic E-state index is 13.9. The SMILES string of the molecule is Cc1ccc(S(=O)(=O)N(CC(=O)N(Cc2c(Cl)cccc2Cl)C(C)C(=O)NC(C)C)c2cccc(Cl)c2)cc1. The molecule has 3 aromatic rings. The Labute approximate surface area is 244 Å². The van der Waals surface area contributed by atoms with Gasteiger partial charge in [-0.1, -0.05) is 64.6 Å². The smallest absolute Gasteiger partial charge is 0.264 e. The number of nitrogens with zero attached hydrogens (tertiary/aromatic N) is 2. The molecule has 3 rings (SSSR count). The highest BCUT2D eigenvalue weighted by Crippen LogP contribution is 2.29. The molecule has 0 heterocycles. The molecule has 7 nitrogen and oxygen atoms in total. The number of carbonyl (C=O) groups is 2. The molecule has 0 aliphatic carbocycles. The van der Waals surface area contributed by atoms with Crippen LogP contribution in [0.1, 0.15) is 31.9 Å². The Bertz CT molecular complexity index is 1430. The molecule has 1 N–H and O–H groups in total. The number of rotatable bonds is 10. The first-order valence-corrected chi connectivity index (χ1v) is 14.8. The number of amides is 2. The Morgan fingerprint density at radius 1 is 0.897 bits per heavy atom. The highest BCUT2D eigenvalue weighted by Gasteiger charge is 2.33. The van der Waals surface area contributed by atoms with Gasteiger partial charge in [0.25, 0.3) is 10.0 Å². The van der Waals surface area contributed by atoms with Crippen LogP contribution in [0.3, 0.4) is 0 Å². The van der Waals surface area contributed by atoms with E-state index in [1.807, 2.05) is 6.92 Å². The summed E-state index contributed by atoms with van der Waals surface area (Å²) in [7, 11) is -4.20. The molecular formula is C28H30Cl3N3O4S. The van der Waals surface area contributed by atoms with Crippen LogP contribution in [-0.2, 0) is 26.2 Å². The van der Waals surface area contributed by atoms with Crippen molar-refractivity contribution in [2.75, 3.05) is 10.8 Å². The van der Waals surface area contributed by atoms with Crippen molar-refractivity contribution in [3.8, 4) is 0 Å². The van der Waals surface area contributed by atoms with Gasteiger partial charge < -0.3 is 10.2 Å². The van der Waals surface area contributed by atoms with E-state index >= 15 is 0 Å². The normalized spacial score (nSPS) is 12.2. The van der Waals surface area contributed by atoms with Crippen molar-refractivity contribution >= 4 is 62.3 Å². The van der Waals surface area contributed by atoms with Crippen LogP contribution in [0.4, 0.5) is 5.69 Å². The Hall–Kier alpha value is -2.78. The van der Waals surface area contributed by atoms with Crippen LogP contribution in [0.5, 0.6) is 0 Å². The number of nitrogens with one attached hydrogen (secondary N) is 1. The fraction of sp³-hybridized carbons (Fsp3) is 0.286. The fourth-order valence-electron chi connectivity index (χ4n) is 3.84. The third-order valence-electron chi connectivity index (χ3n) is 5.97. The highest BCUT2D eigenvalue weighted by molar-refractivity contribution is 7.92. The Balaban J connectivity index is 2.07. The molecule has 0 saturated carbocycles. The molecule has 0 radical (unpaired) electrons. The van der Waals surface area contributed by atoms with E-state index in [4.69, 9.17) is 34.8 Å². The predicted molar refractivity (Wildman–Crippen MR) is 157 cm³/mol. The second-order valence-corrected chi connectivity index (χ2v) is 12.5. The first-order valence-electron chi connectivity index (χ1n) is 12.2. The number of benzene rings is 3. The lowest BCUT2D eigenvalue weighted by molar-refractivity contribution is -0.139. The molecule has 39 heavy (non-hydrogen) atoms. The monoisotopic (exact) mass is 609 g/mol. The number of aryl methyl sites for hydroxylation is 1. The number of hydrogen-bond acceptors (Lipinski definition) is 4. The molecule has 0 aromatic heterocycles. The second-order valence-electron chi connectivity index (χ2n) is 9.37. The summed E-state index contributed by atoms with van der Waals surface area (Å²) in [5.41, 5.74) is 1.52. The van der Waals surface area contributed by atoms with Gasteiger partial charge >= 0.3 is 0 Å². The summed E-state index contributed by atoms with van der Waals surface area (Å²) in [4.78, 5) is 28.2. The van der Waals surface area contributed by atoms with Crippen molar-refractivity contribution in [1.29, 1.82) is 0 Å². The molecule has 0 bridgehead atoms. The minimum atomic E-state index is -4.20. The Kier molecular flexibility index (Phi) is 10.3. The van der Waals surface area contributed by atoms with Gasteiger partial charge in [0.1, 0.15) is 12.6 Å². The van der Waals surface area contributed by atoms with Gasteiger partial charge in [0.2, 0.25) is 11.8 Å². The molecule has 2 amide bonds. The summed E-state index contributed by atoms with van der Waals surface area (Å²) in [5, 5.41) is 3.73. The van der Waals surface area contributed by atoms with E-state index in [0.717, 1.165) is 9.87 Å². The van der Waals surface area contributed by atoms with Crippen LogP contribution in [0.25, 0.3) is 0 Å². The minimum absolute atomic E-state index is 0.00664. The molecule has 11 heteroatoms. The Morgan fingerprint density at radius 2 is 1.49 bits per heavy atom. The third-order valence-corrected chi connectivity index (χ3v) is 8.70. The van der Waals surface area contributed by atoms with Crippen LogP contribution < -0.4 is 9.62 Å². The van der Waals surface area contributed by atoms with Crippen molar-refractivity contribution in [3.63, 3.8) is 0 Å². The van der Waals surface area contributed by atoms with Gasteiger partial charge in [-0.05, 0) is 70.2 Å². The topological polar surface area (TPSA) is 86.8 Å². The number of hydrogen-bond donors (Lipinski definition) is 1. The van der Waals surface area contributed by atoms with Crippen LogP contribution in [0, 0.1) is 6.92 Å². The van der Waals surface area contributed by atoms with E-state index in [-0.39, 0.29) is 23.2 Å². The number of anilines is 1. The van der Waals surface area contributed by atoms with Crippen LogP contribution in [-0.4, -0.2) is 43.8 Å². The zero-order valence-electron chi connectivity index (χ0n) is 22.0. The lowest BCUT2D eigenvalue weighted by Gasteiger charge is -2.32. The van der Waals surface area contributed by atoms with Crippen LogP contribution in [0.2, 0.25) is 15.1 Å². The number of halogens is 3. The summed E-state index contributed by atoms with van der Waals surface area (Å²) >= 11 is 19.0. The molecule has 3 aromatic carbocycles. The van der Waals surface area contributed by atoms with Gasteiger partial charge in [-0.15, -0.1) is 0 Å². The van der Waals surface area contributed by atoms with E-state index in [1.165, 1.54) is 23.1 Å². The fourth-order valence-corrected chi connectivity index (χ4v) is 5.95. The molecule has 0 aliphatic rings. The van der Waals surface area contributed by atoms with E-state index < -0.39 is 34.4 Å². The van der Waals surface area contributed by atoms with Gasteiger partial charge in [-0.2, -0.15) is 0 Å². The molecule has 0 aliphatic heterocycles. The summed E-state index contributed by atoms with van der Waals surface area (Å²) in [6, 6.07) is 16.3. The molecule has 0 fully saturated rings. The largest absolute Gasteiger partial charge is 0.352 e. The molecule has 0 saturated heterocycles. The Morgan fingerprint density at radius 3 is 2.05 bits per heavy atom. The standard InChI is InChI=1S/C28H30Cl3N3O4S/c1-18(2)32-28(36)20(4)33(16-24-25(30)9-6-10-26(24)31)27(35)17-34(22-8-5-7-21(29)15-22)39(37,38)23-13-11-19(3)12-14-23/h5-15,18,20H,16-17H2,1-4H3,(H,32,36). The summed E-state index contributed by atoms with van der Waals surface area (Å²) in [6.45, 7) is 6.30. The number of carbonyl (C=O) groups excluding carboxylic acids is 2. The van der Waals surface area contributed by atoms with Crippen molar-refractivity contribution in [2.45, 2.75) is 51.2 Å². The second kappa shape index (κ2) is 13.0. The van der Waals surface area contributed by atoms with E-state index in [1.54, 1.807) is 69.3 Å². The maximum Gasteiger partial charge on any atom is 0.264 e. The summed E-state index contributed by atoms with van der Waals surface area (Å²) in [6.07, 6.45) is 0. The van der Waals surface area contributed by atoms with Gasteiger partial charge in [0.15, 0.2) is 0 Å². The van der Waals surface area contributed by atoms with Crippen molar-refractivity contribution in [1.82, 2.24) is 10.2 Å². The minimum Gasteiger partial charge on any atom is -0.352 e. The van der Waals surface area contributed by atoms with Gasteiger partial charge in [-0.25, -0.2) is 8.42 Å². The van der Waals surface area contributed by atoms with Gasteiger partial charge in [0.05, 0.1) is 10.6 Å². The van der Waals surface area contributed by atoms with E-state index in [0.29, 0.717) is 20.6 Å². The average molecular weight is 611 g/mol. The van der Waals surface area contributed by atoms with Gasteiger partial charge in [0, 0.05) is 33.2 Å². The van der Waals surface area contributed by atoms with Crippen molar-refractivity contribution < 1.29 is 18.0 Å². The maximum absolute atomic E-state index is 13.9. The van der Waals surface area contributed by atoms with Crippen molar-refractivity contribution in [3.05, 3.63) is 92.9 Å². The average Bonchev–Trinajstić information content (AvgIpc) is 2.86. The third kappa shape index (κ3) is 7.66. The lowest BCUT2D eigenvalue weighted by Crippen LogP contribution is -2.52. The zero-order chi connectivity index (χ0) is 28.9. The van der Waals surface area contributed by atoms with E-state index in [9.17, 15) is 18.0 Å². The van der Waals surface area contributed by atoms with Crippen LogP contribution in [0.15, 0.2) is 71.6 Å². The summed E-state index contributed by atoms with van der Waals surface area (Å²) in [5.74, 6) is -1.04. The first kappa shape index (κ1) is 30.8. The van der Waals surface area contributed by atoms with E-state index in [2.05, 4.69) is 5.32 Å². The number of sulfonamides is 1. The van der Waals surface area contributed by atoms with Crippen molar-refractivity contribution in [2.24, 2.45) is 0 Å². The lowest BCUT2D eigenvalue weighted by atomic mass is 10.1. The predicted octanol–water partition coefficient (Wildman–Crippen LogP) is 6.09. The highest BCUT2D eigenvalue weighted by atomic mass is 35.5.